The average molecular weight is 719 g/mol. The molecule has 10 nitrogen and oxygen atoms in total. The monoisotopic (exact) mass is 718 g/mol. The summed E-state index contributed by atoms with van der Waals surface area (Å²) in [5, 5.41) is 11.7. The minimum Gasteiger partial charge on any atom is -0.444 e. The van der Waals surface area contributed by atoms with Crippen LogP contribution in [0.5, 0.6) is 0 Å². The van der Waals surface area contributed by atoms with Gasteiger partial charge >= 0.3 is 12.3 Å². The van der Waals surface area contributed by atoms with Crippen molar-refractivity contribution in [2.24, 2.45) is 0 Å². The van der Waals surface area contributed by atoms with Crippen molar-refractivity contribution in [2.75, 3.05) is 49.1 Å². The van der Waals surface area contributed by atoms with Gasteiger partial charge in [0.05, 0.1) is 28.4 Å². The van der Waals surface area contributed by atoms with Crippen LogP contribution < -0.4 is 15.1 Å². The number of halogens is 4. The first-order valence-corrected chi connectivity index (χ1v) is 16.8. The maximum atomic E-state index is 15.3. The highest BCUT2D eigenvalue weighted by atomic mass is 32.1. The number of nitriles is 1. The van der Waals surface area contributed by atoms with Gasteiger partial charge in [0.2, 0.25) is 0 Å². The number of benzene rings is 2. The van der Waals surface area contributed by atoms with Crippen molar-refractivity contribution >= 4 is 46.6 Å². The second-order valence-corrected chi connectivity index (χ2v) is 14.2. The van der Waals surface area contributed by atoms with E-state index in [9.17, 15) is 27.6 Å². The van der Waals surface area contributed by atoms with Crippen LogP contribution in [0.2, 0.25) is 0 Å². The van der Waals surface area contributed by atoms with Gasteiger partial charge in [-0.15, -0.1) is 0 Å². The molecule has 2 heterocycles. The Morgan fingerprint density at radius 2 is 1.62 bits per heavy atom. The van der Waals surface area contributed by atoms with Gasteiger partial charge in [-0.05, 0) is 103 Å². The number of alkyl halides is 3. The van der Waals surface area contributed by atoms with Crippen LogP contribution in [0.15, 0.2) is 36.4 Å². The van der Waals surface area contributed by atoms with Crippen molar-refractivity contribution < 1.29 is 36.7 Å². The van der Waals surface area contributed by atoms with Crippen LogP contribution in [0.25, 0.3) is 0 Å². The summed E-state index contributed by atoms with van der Waals surface area (Å²) in [7, 11) is 0. The summed E-state index contributed by atoms with van der Waals surface area (Å²) >= 11 is 5.51. The van der Waals surface area contributed by atoms with Gasteiger partial charge in [0.25, 0.3) is 11.8 Å². The van der Waals surface area contributed by atoms with Crippen LogP contribution in [0.4, 0.5) is 33.7 Å². The molecule has 0 radical (unpaired) electrons. The minimum atomic E-state index is -4.84. The normalized spacial score (nSPS) is 16.8. The Labute approximate surface area is 294 Å². The molecule has 2 aliphatic rings. The number of ether oxygens (including phenoxy) is 1. The van der Waals surface area contributed by atoms with E-state index in [4.69, 9.17) is 22.2 Å². The van der Waals surface area contributed by atoms with Gasteiger partial charge in [0.15, 0.2) is 5.11 Å². The van der Waals surface area contributed by atoms with E-state index in [1.807, 2.05) is 20.8 Å². The highest BCUT2D eigenvalue weighted by Gasteiger charge is 2.51. The van der Waals surface area contributed by atoms with E-state index in [-0.39, 0.29) is 28.1 Å². The molecule has 0 saturated carbocycles. The lowest BCUT2D eigenvalue weighted by molar-refractivity contribution is -0.137. The Balaban J connectivity index is 1.27. The molecule has 1 N–H and O–H groups in total. The lowest BCUT2D eigenvalue weighted by atomic mass is 10.0. The Kier molecular flexibility index (Phi) is 11.8. The third kappa shape index (κ3) is 8.89. The van der Waals surface area contributed by atoms with E-state index in [0.29, 0.717) is 32.1 Å². The van der Waals surface area contributed by atoms with Crippen LogP contribution in [-0.4, -0.2) is 83.2 Å². The zero-order chi connectivity index (χ0) is 37.0. The van der Waals surface area contributed by atoms with E-state index < -0.39 is 46.1 Å². The average Bonchev–Trinajstić information content (AvgIpc) is 3.21. The number of anilines is 2. The summed E-state index contributed by atoms with van der Waals surface area (Å²) in [6, 6.07) is 8.12. The van der Waals surface area contributed by atoms with E-state index in [2.05, 4.69) is 10.2 Å². The van der Waals surface area contributed by atoms with Crippen molar-refractivity contribution in [3.05, 3.63) is 58.9 Å². The lowest BCUT2D eigenvalue weighted by Gasteiger charge is -2.35. The zero-order valence-electron chi connectivity index (χ0n) is 28.8. The molecule has 0 atom stereocenters. The SMILES string of the molecule is CC(C)(C)OC(=O)N1CCN(CCCCCCNC(=O)c2ccc(N3C(=S)N(c4ccc(C#N)c(C(F)(F)F)c4)C(=O)C3(C)C)cc2F)CC1. The van der Waals surface area contributed by atoms with Gasteiger partial charge in [0, 0.05) is 38.4 Å². The quantitative estimate of drug-likeness (QED) is 0.169. The first kappa shape index (κ1) is 38.5. The molecular formula is C35H42F4N6O4S. The third-order valence-corrected chi connectivity index (χ3v) is 8.89. The number of amides is 3. The molecule has 0 bridgehead atoms. The van der Waals surface area contributed by atoms with Crippen LogP contribution in [-0.2, 0) is 15.7 Å². The summed E-state index contributed by atoms with van der Waals surface area (Å²) in [6.45, 7) is 12.6. The number of carbonyl (C=O) groups is 3. The number of rotatable bonds is 10. The Morgan fingerprint density at radius 3 is 2.22 bits per heavy atom. The van der Waals surface area contributed by atoms with Crippen LogP contribution in [0.3, 0.4) is 0 Å². The topological polar surface area (TPSA) is 109 Å². The summed E-state index contributed by atoms with van der Waals surface area (Å²) in [5.41, 5.74) is -3.99. The predicted octanol–water partition coefficient (Wildman–Crippen LogP) is 6.48. The lowest BCUT2D eigenvalue weighted by Crippen LogP contribution is -2.50. The first-order chi connectivity index (χ1) is 23.3. The molecule has 2 fully saturated rings. The van der Waals surface area contributed by atoms with Gasteiger partial charge in [0.1, 0.15) is 17.0 Å². The molecule has 0 unspecified atom stereocenters. The van der Waals surface area contributed by atoms with Crippen LogP contribution >= 0.6 is 12.2 Å². The van der Waals surface area contributed by atoms with Gasteiger partial charge in [-0.3, -0.25) is 19.4 Å². The molecule has 2 aliphatic heterocycles. The number of carbonyl (C=O) groups excluding carboxylic acids is 3. The van der Waals surface area contributed by atoms with E-state index >= 15 is 4.39 Å². The molecule has 270 valence electrons. The number of nitrogens with zero attached hydrogens (tertiary/aromatic N) is 5. The number of piperazine rings is 1. The largest absolute Gasteiger partial charge is 0.444 e. The highest BCUT2D eigenvalue weighted by Crippen LogP contribution is 2.40. The number of nitrogens with one attached hydrogen (secondary N) is 1. The molecule has 2 saturated heterocycles. The Morgan fingerprint density at radius 1 is 0.980 bits per heavy atom. The van der Waals surface area contributed by atoms with Crippen LogP contribution in [0.1, 0.15) is 81.8 Å². The highest BCUT2D eigenvalue weighted by molar-refractivity contribution is 7.81. The summed E-state index contributed by atoms with van der Waals surface area (Å²) in [5.74, 6) is -2.10. The van der Waals surface area contributed by atoms with Crippen molar-refractivity contribution in [1.82, 2.24) is 15.1 Å². The van der Waals surface area contributed by atoms with Crippen molar-refractivity contribution in [1.29, 1.82) is 5.26 Å². The predicted molar refractivity (Wildman–Crippen MR) is 184 cm³/mol. The molecule has 4 rings (SSSR count). The molecule has 2 aromatic carbocycles. The van der Waals surface area contributed by atoms with Gasteiger partial charge in [-0.2, -0.15) is 18.4 Å². The molecule has 50 heavy (non-hydrogen) atoms. The zero-order valence-corrected chi connectivity index (χ0v) is 29.6. The molecule has 15 heteroatoms. The fraction of sp³-hybridized carbons (Fsp3) is 0.514. The standard InChI is InChI=1S/C35H42F4N6O4S/c1-33(2,3)49-32(48)43-18-16-42(17-19-43)15-9-7-6-8-14-41-29(46)26-13-12-25(21-28(26)36)45-31(50)44(30(47)34(45,4)5)24-11-10-23(22-40)27(20-24)35(37,38)39/h10-13,20-21H,6-9,14-19H2,1-5H3,(H,41,46). The Bertz CT molecular complexity index is 1660. The molecule has 0 aromatic heterocycles. The molecular weight excluding hydrogens is 676 g/mol. The van der Waals surface area contributed by atoms with Crippen molar-refractivity contribution in [3.8, 4) is 6.07 Å². The van der Waals surface area contributed by atoms with E-state index in [1.54, 1.807) is 4.90 Å². The Hall–Kier alpha value is -4.29. The molecule has 0 aliphatic carbocycles. The maximum absolute atomic E-state index is 15.3. The molecule has 0 spiro atoms. The minimum absolute atomic E-state index is 0.140. The van der Waals surface area contributed by atoms with E-state index in [0.717, 1.165) is 55.9 Å². The van der Waals surface area contributed by atoms with Gasteiger partial charge < -0.3 is 19.9 Å². The van der Waals surface area contributed by atoms with Gasteiger partial charge in [-0.25, -0.2) is 9.18 Å². The smallest absolute Gasteiger partial charge is 0.417 e. The summed E-state index contributed by atoms with van der Waals surface area (Å²) in [4.78, 5) is 44.7. The number of hydrogen-bond acceptors (Lipinski definition) is 7. The van der Waals surface area contributed by atoms with E-state index in [1.165, 1.54) is 43.0 Å². The fourth-order valence-corrected chi connectivity index (χ4v) is 6.40. The second-order valence-electron chi connectivity index (χ2n) is 13.8. The number of hydrogen-bond donors (Lipinski definition) is 1. The third-order valence-electron chi connectivity index (χ3n) is 8.52. The number of thiocarbonyl (C=S) groups is 1. The maximum Gasteiger partial charge on any atom is 0.417 e. The second kappa shape index (κ2) is 15.3. The number of unbranched alkanes of at least 4 members (excludes halogenated alkanes) is 3. The summed E-state index contributed by atoms with van der Waals surface area (Å²) < 4.78 is 61.6. The molecule has 2 aromatic rings. The summed E-state index contributed by atoms with van der Waals surface area (Å²) in [6.07, 6.45) is -1.63. The fourth-order valence-electron chi connectivity index (χ4n) is 5.88. The van der Waals surface area contributed by atoms with Crippen molar-refractivity contribution in [2.45, 2.75) is 77.6 Å². The first-order valence-electron chi connectivity index (χ1n) is 16.4. The molecule has 3 amide bonds. The van der Waals surface area contributed by atoms with Gasteiger partial charge in [-0.1, -0.05) is 12.8 Å². The van der Waals surface area contributed by atoms with Crippen molar-refractivity contribution in [3.63, 3.8) is 0 Å². The van der Waals surface area contributed by atoms with Crippen LogP contribution in [0, 0.1) is 17.1 Å².